The Kier molecular flexibility index (Phi) is 2.56. The fourth-order valence-corrected chi connectivity index (χ4v) is 2.13. The van der Waals surface area contributed by atoms with Crippen LogP contribution in [0.3, 0.4) is 0 Å². The number of hydrogen-bond donors (Lipinski definition) is 1. The molecular formula is C6H12NO4P. The van der Waals surface area contributed by atoms with E-state index in [2.05, 4.69) is 0 Å². The molecule has 1 fully saturated rings. The highest BCUT2D eigenvalue weighted by atomic mass is 31.2. The largest absolute Gasteiger partial charge is 0.434 e. The van der Waals surface area contributed by atoms with E-state index >= 15 is 0 Å². The third-order valence-electron chi connectivity index (χ3n) is 1.46. The molecule has 1 saturated heterocycles. The topological polar surface area (TPSA) is 64.6 Å². The first-order chi connectivity index (χ1) is 5.47. The summed E-state index contributed by atoms with van der Waals surface area (Å²) in [6, 6.07) is 0. The van der Waals surface area contributed by atoms with E-state index in [0.29, 0.717) is 19.6 Å². The number of amides is 1. The zero-order chi connectivity index (χ0) is 9.24. The van der Waals surface area contributed by atoms with Crippen molar-refractivity contribution in [2.75, 3.05) is 13.2 Å². The fourth-order valence-electron chi connectivity index (χ4n) is 0.737. The Hall–Kier alpha value is -0.380. The van der Waals surface area contributed by atoms with Crippen LogP contribution in [0.2, 0.25) is 0 Å². The smallest absolute Gasteiger partial charge is 0.292 e. The van der Waals surface area contributed by atoms with Gasteiger partial charge in [0.25, 0.3) is 0 Å². The molecule has 0 aromatic carbocycles. The van der Waals surface area contributed by atoms with Crippen LogP contribution >= 0.6 is 7.75 Å². The van der Waals surface area contributed by atoms with Gasteiger partial charge in [0, 0.05) is 5.41 Å². The van der Waals surface area contributed by atoms with Crippen molar-refractivity contribution < 1.29 is 18.4 Å². The Morgan fingerprint density at radius 3 is 2.33 bits per heavy atom. The molecule has 1 aliphatic heterocycles. The van der Waals surface area contributed by atoms with Crippen molar-refractivity contribution in [2.24, 2.45) is 5.41 Å². The molecule has 1 N–H and O–H groups in total. The minimum Gasteiger partial charge on any atom is -0.292 e. The summed E-state index contributed by atoms with van der Waals surface area (Å²) >= 11 is 0. The van der Waals surface area contributed by atoms with E-state index in [1.165, 1.54) is 0 Å². The number of hydrogen-bond acceptors (Lipinski definition) is 4. The van der Waals surface area contributed by atoms with Crippen LogP contribution in [0.15, 0.2) is 0 Å². The first-order valence-electron chi connectivity index (χ1n) is 3.58. The maximum Gasteiger partial charge on any atom is 0.434 e. The summed E-state index contributed by atoms with van der Waals surface area (Å²) in [5.74, 6) is 0. The van der Waals surface area contributed by atoms with Gasteiger partial charge in [-0.1, -0.05) is 13.8 Å². The van der Waals surface area contributed by atoms with Gasteiger partial charge >= 0.3 is 7.75 Å². The summed E-state index contributed by atoms with van der Waals surface area (Å²) in [5, 5.41) is 2.03. The lowest BCUT2D eigenvalue weighted by atomic mass is 9.97. The molecule has 0 saturated carbocycles. The Balaban J connectivity index is 2.55. The fraction of sp³-hybridized carbons (Fsp3) is 0.833. The maximum atomic E-state index is 11.3. The van der Waals surface area contributed by atoms with Crippen molar-refractivity contribution in [1.29, 1.82) is 0 Å². The van der Waals surface area contributed by atoms with Crippen molar-refractivity contribution >= 4 is 14.2 Å². The third-order valence-corrected chi connectivity index (χ3v) is 2.82. The molecule has 6 heteroatoms. The molecule has 0 atom stereocenters. The van der Waals surface area contributed by atoms with Gasteiger partial charge in [0.05, 0.1) is 13.2 Å². The van der Waals surface area contributed by atoms with E-state index in [1.807, 2.05) is 18.9 Å². The summed E-state index contributed by atoms with van der Waals surface area (Å²) in [6.07, 6.45) is 0.319. The zero-order valence-electron chi connectivity index (χ0n) is 7.07. The molecule has 1 rings (SSSR count). The normalized spacial score (nSPS) is 26.2. The van der Waals surface area contributed by atoms with E-state index in [0.717, 1.165) is 0 Å². The second kappa shape index (κ2) is 3.17. The van der Waals surface area contributed by atoms with Crippen LogP contribution in [0.1, 0.15) is 13.8 Å². The van der Waals surface area contributed by atoms with E-state index in [1.54, 1.807) is 0 Å². The second-order valence-corrected chi connectivity index (χ2v) is 5.23. The highest BCUT2D eigenvalue weighted by Gasteiger charge is 2.36. The predicted molar refractivity (Wildman–Crippen MR) is 42.5 cm³/mol. The van der Waals surface area contributed by atoms with Crippen molar-refractivity contribution in [1.82, 2.24) is 5.09 Å². The summed E-state index contributed by atoms with van der Waals surface area (Å²) in [5.41, 5.74) is -0.140. The maximum absolute atomic E-state index is 11.3. The second-order valence-electron chi connectivity index (χ2n) is 3.46. The Morgan fingerprint density at radius 2 is 1.92 bits per heavy atom. The Morgan fingerprint density at radius 1 is 1.42 bits per heavy atom. The van der Waals surface area contributed by atoms with Crippen molar-refractivity contribution in [3.8, 4) is 0 Å². The zero-order valence-corrected chi connectivity index (χ0v) is 7.97. The van der Waals surface area contributed by atoms with E-state index < -0.39 is 7.75 Å². The van der Waals surface area contributed by atoms with Gasteiger partial charge in [-0.25, -0.2) is 4.57 Å². The third kappa shape index (κ3) is 2.30. The molecule has 70 valence electrons. The Bertz CT molecular complexity index is 214. The summed E-state index contributed by atoms with van der Waals surface area (Å²) < 4.78 is 21.2. The van der Waals surface area contributed by atoms with Crippen LogP contribution in [-0.4, -0.2) is 19.6 Å². The summed E-state index contributed by atoms with van der Waals surface area (Å²) in [7, 11) is -3.31. The van der Waals surface area contributed by atoms with Crippen molar-refractivity contribution in [3.05, 3.63) is 0 Å². The van der Waals surface area contributed by atoms with Gasteiger partial charge in [0.2, 0.25) is 6.41 Å². The van der Waals surface area contributed by atoms with Gasteiger partial charge in [-0.2, -0.15) is 0 Å². The molecule has 5 nitrogen and oxygen atoms in total. The van der Waals surface area contributed by atoms with Crippen LogP contribution < -0.4 is 5.09 Å². The lowest BCUT2D eigenvalue weighted by Crippen LogP contribution is -2.32. The minimum absolute atomic E-state index is 0.140. The average molecular weight is 193 g/mol. The molecular weight excluding hydrogens is 181 g/mol. The molecule has 1 aliphatic rings. The lowest BCUT2D eigenvalue weighted by molar-refractivity contribution is -0.108. The number of carbonyl (C=O) groups excluding carboxylic acids is 1. The van der Waals surface area contributed by atoms with Gasteiger partial charge in [-0.3, -0.25) is 18.9 Å². The van der Waals surface area contributed by atoms with E-state index in [4.69, 9.17) is 9.05 Å². The monoisotopic (exact) mass is 193 g/mol. The van der Waals surface area contributed by atoms with Crippen LogP contribution in [-0.2, 0) is 18.4 Å². The first-order valence-corrected chi connectivity index (χ1v) is 5.12. The molecule has 1 heterocycles. The molecule has 12 heavy (non-hydrogen) atoms. The van der Waals surface area contributed by atoms with Crippen molar-refractivity contribution in [3.63, 3.8) is 0 Å². The van der Waals surface area contributed by atoms with Gasteiger partial charge in [0.15, 0.2) is 0 Å². The highest BCUT2D eigenvalue weighted by Crippen LogP contribution is 2.49. The van der Waals surface area contributed by atoms with Gasteiger partial charge in [0.1, 0.15) is 0 Å². The molecule has 0 spiro atoms. The molecule has 1 amide bonds. The van der Waals surface area contributed by atoms with Gasteiger partial charge < -0.3 is 0 Å². The number of rotatable bonds is 2. The van der Waals surface area contributed by atoms with Crippen LogP contribution in [0.4, 0.5) is 0 Å². The molecule has 0 radical (unpaired) electrons. The summed E-state index contributed by atoms with van der Waals surface area (Å²) in [6.45, 7) is 4.51. The standard InChI is InChI=1S/C6H12NO4P/c1-6(2)3-10-12(9,7-5-8)11-4-6/h5H,3-4H2,1-2H3,(H,7,8,9). The molecule has 0 aliphatic carbocycles. The molecule has 0 bridgehead atoms. The van der Waals surface area contributed by atoms with Crippen molar-refractivity contribution in [2.45, 2.75) is 13.8 Å². The van der Waals surface area contributed by atoms with E-state index in [9.17, 15) is 9.36 Å². The van der Waals surface area contributed by atoms with Gasteiger partial charge in [-0.15, -0.1) is 0 Å². The van der Waals surface area contributed by atoms with Gasteiger partial charge in [-0.05, 0) is 0 Å². The molecule has 0 aromatic heterocycles. The summed E-state index contributed by atoms with van der Waals surface area (Å²) in [4.78, 5) is 10.00. The van der Waals surface area contributed by atoms with Crippen LogP contribution in [0.25, 0.3) is 0 Å². The minimum atomic E-state index is -3.31. The number of carbonyl (C=O) groups is 1. The van der Waals surface area contributed by atoms with Crippen LogP contribution in [0, 0.1) is 5.41 Å². The number of nitrogens with one attached hydrogen (secondary N) is 1. The molecule has 0 unspecified atom stereocenters. The van der Waals surface area contributed by atoms with E-state index in [-0.39, 0.29) is 5.41 Å². The molecule has 0 aromatic rings. The Labute approximate surface area is 71.0 Å². The quantitative estimate of drug-likeness (QED) is 0.523. The average Bonchev–Trinajstić information content (AvgIpc) is 1.98. The predicted octanol–water partition coefficient (Wildman–Crippen LogP) is 0.913. The SMILES string of the molecule is CC1(C)COP(=O)(NC=O)OC1. The highest BCUT2D eigenvalue weighted by molar-refractivity contribution is 7.52. The first kappa shape index (κ1) is 9.71. The lowest BCUT2D eigenvalue weighted by Gasteiger charge is -2.32. The van der Waals surface area contributed by atoms with Crippen LogP contribution in [0.5, 0.6) is 0 Å².